The Morgan fingerprint density at radius 1 is 0.857 bits per heavy atom. The molecule has 0 saturated carbocycles. The first-order chi connectivity index (χ1) is 9.81. The second kappa shape index (κ2) is 60.6. The molecule has 21 heavy (non-hydrogen) atoms. The molecule has 0 aromatic rings. The van der Waals surface area contributed by atoms with Crippen LogP contribution in [0.25, 0.3) is 10.6 Å². The molecule has 0 saturated heterocycles. The van der Waals surface area contributed by atoms with Crippen molar-refractivity contribution >= 4 is 6.79 Å². The maximum absolute atomic E-state index is 7.75. The van der Waals surface area contributed by atoms with Crippen molar-refractivity contribution in [2.75, 3.05) is 47.3 Å². The predicted octanol–water partition coefficient (Wildman–Crippen LogP) is 1.32. The summed E-state index contributed by atoms with van der Waals surface area (Å²) < 4.78 is 22.5. The molecule has 0 fully saturated rings. The van der Waals surface area contributed by atoms with Gasteiger partial charge in [0.15, 0.2) is 0 Å². The van der Waals surface area contributed by atoms with Crippen LogP contribution < -0.4 is 0 Å². The molecule has 0 aliphatic heterocycles. The van der Waals surface area contributed by atoms with Crippen molar-refractivity contribution in [3.05, 3.63) is 30.6 Å². The average molecular weight is 468 g/mol. The Morgan fingerprint density at radius 3 is 1.29 bits per heavy atom. The van der Waals surface area contributed by atoms with Gasteiger partial charge in [0, 0.05) is 21.1 Å². The van der Waals surface area contributed by atoms with Crippen LogP contribution in [0.15, 0.2) is 0 Å². The Morgan fingerprint density at radius 2 is 1.10 bits per heavy atom. The third-order valence-corrected chi connectivity index (χ3v) is 1.84. The van der Waals surface area contributed by atoms with E-state index < -0.39 is 0 Å². The summed E-state index contributed by atoms with van der Waals surface area (Å²) >= 11 is 0. The van der Waals surface area contributed by atoms with Gasteiger partial charge >= 0.3 is 33.9 Å². The van der Waals surface area contributed by atoms with E-state index in [1.807, 2.05) is 14.1 Å². The molecule has 0 heterocycles. The Bertz CT molecular complexity index is 177. The fourth-order valence-electron chi connectivity index (χ4n) is 1.11. The molecule has 0 aromatic heterocycles. The Hall–Kier alpha value is -0.542. The Balaban J connectivity index is -0.0000000537. The third-order valence-electron chi connectivity index (χ3n) is 1.84. The summed E-state index contributed by atoms with van der Waals surface area (Å²) in [5, 5.41) is 8.12. The van der Waals surface area contributed by atoms with Gasteiger partial charge in [0.25, 0.3) is 0 Å². The van der Waals surface area contributed by atoms with Gasteiger partial charge in [-0.15, -0.1) is 13.1 Å². The fraction of sp³-hybridized carbons (Fsp3) is 0.692. The summed E-state index contributed by atoms with van der Waals surface area (Å²) in [5.74, 6) is 0. The molecule has 0 amide bonds. The molecule has 8 heteroatoms. The zero-order chi connectivity index (χ0) is 17.2. The molecule has 122 valence electrons. The van der Waals surface area contributed by atoms with E-state index in [0.29, 0.717) is 0 Å². The number of hydrogen-bond acceptors (Lipinski definition) is 2. The summed E-state index contributed by atoms with van der Waals surface area (Å²) in [4.78, 5) is 10.1. The van der Waals surface area contributed by atoms with Crippen molar-refractivity contribution in [1.29, 1.82) is 0 Å². The number of nitrogens with zero attached hydrogens (tertiary/aromatic N) is 3. The molecule has 0 spiro atoms. The largest absolute Gasteiger partial charge is 0.545 e. The molecule has 0 unspecified atom stereocenters. The van der Waals surface area contributed by atoms with E-state index in [0.717, 1.165) is 26.2 Å². The van der Waals surface area contributed by atoms with Gasteiger partial charge in [0.2, 0.25) is 0 Å². The topological polar surface area (TPSA) is 108 Å². The normalized spacial score (nSPS) is 6.76. The van der Waals surface area contributed by atoms with Crippen LogP contribution in [0.3, 0.4) is 0 Å². The molecule has 0 N–H and O–H groups in total. The van der Waals surface area contributed by atoms with Crippen LogP contribution >= 0.6 is 0 Å². The van der Waals surface area contributed by atoms with Gasteiger partial charge in [-0.1, -0.05) is 12.8 Å². The molecular weight excluding hydrogens is 446 g/mol. The van der Waals surface area contributed by atoms with Gasteiger partial charge in [-0.3, -0.25) is 6.79 Å². The van der Waals surface area contributed by atoms with Crippen LogP contribution in [0.1, 0.15) is 12.8 Å². The van der Waals surface area contributed by atoms with Crippen molar-refractivity contribution in [1.82, 2.24) is 4.90 Å². The molecule has 0 radical (unpaired) electrons. The van der Waals surface area contributed by atoms with E-state index in [9.17, 15) is 0 Å². The van der Waals surface area contributed by atoms with Crippen molar-refractivity contribution in [2.45, 2.75) is 12.8 Å². The second-order valence-electron chi connectivity index (χ2n) is 3.09. The first-order valence-electron chi connectivity index (χ1n) is 5.45. The molecule has 7 nitrogen and oxygen atoms in total. The molecule has 0 aliphatic rings. The third kappa shape index (κ3) is 66.3. The fourth-order valence-corrected chi connectivity index (χ4v) is 1.11. The summed E-state index contributed by atoms with van der Waals surface area (Å²) in [6.07, 6.45) is 2.35. The maximum Gasteiger partial charge on any atom is 0 e. The van der Waals surface area contributed by atoms with Gasteiger partial charge in [-0.05, 0) is 20.1 Å². The molecule has 0 aliphatic carbocycles. The minimum Gasteiger partial charge on any atom is -0.545 e. The summed E-state index contributed by atoms with van der Waals surface area (Å²) in [6.45, 7) is 21.0. The molecule has 0 aromatic carbocycles. The zero-order valence-electron chi connectivity index (χ0n) is 12.7. The van der Waals surface area contributed by atoms with Crippen molar-refractivity contribution < 1.29 is 39.8 Å². The number of carbonyl (C=O) groups excluding carboxylic acids is 1. The van der Waals surface area contributed by atoms with Gasteiger partial charge in [-0.2, -0.15) is 14.1 Å². The van der Waals surface area contributed by atoms with E-state index in [-0.39, 0.29) is 21.1 Å². The minimum absolute atomic E-state index is 0. The van der Waals surface area contributed by atoms with Gasteiger partial charge in [0.1, 0.15) is 0 Å². The van der Waals surface area contributed by atoms with Crippen LogP contribution in [0.5, 0.6) is 0 Å². The first kappa shape index (κ1) is 37.1. The monoisotopic (exact) mass is 468 g/mol. The van der Waals surface area contributed by atoms with Crippen LogP contribution in [-0.2, 0) is 39.8 Å². The molecular formula is C13H22N3O4W-3. The first-order valence-corrected chi connectivity index (χ1v) is 5.45. The van der Waals surface area contributed by atoms with E-state index in [1.165, 1.54) is 12.8 Å². The summed E-state index contributed by atoms with van der Waals surface area (Å²) in [6, 6.07) is 0. The quantitative estimate of drug-likeness (QED) is 0.232. The van der Waals surface area contributed by atoms with Crippen molar-refractivity contribution in [2.24, 2.45) is 0 Å². The maximum atomic E-state index is 7.75. The van der Waals surface area contributed by atoms with Crippen LogP contribution in [0.2, 0.25) is 0 Å². The smallest absolute Gasteiger partial charge is 0 e. The Labute approximate surface area is 142 Å². The van der Waals surface area contributed by atoms with Crippen molar-refractivity contribution in [3.8, 4) is 0 Å². The summed E-state index contributed by atoms with van der Waals surface area (Å²) in [7, 11) is 5.90. The van der Waals surface area contributed by atoms with E-state index in [4.69, 9.17) is 18.8 Å². The Kier molecular flexibility index (Phi) is 107. The van der Waals surface area contributed by atoms with Crippen molar-refractivity contribution in [3.63, 3.8) is 0 Å². The van der Waals surface area contributed by atoms with E-state index in [1.54, 1.807) is 0 Å². The van der Waals surface area contributed by atoms with Crippen LogP contribution in [0, 0.1) is 20.0 Å². The van der Waals surface area contributed by atoms with E-state index >= 15 is 0 Å². The van der Waals surface area contributed by atoms with Crippen LogP contribution in [0.4, 0.5) is 0 Å². The number of rotatable bonds is 8. The average Bonchev–Trinajstić information content (AvgIpc) is 2.56. The van der Waals surface area contributed by atoms with Crippen LogP contribution in [-0.4, -0.2) is 59.0 Å². The van der Waals surface area contributed by atoms with Gasteiger partial charge in [0.05, 0.1) is 0 Å². The molecule has 0 bridgehead atoms. The zero-order valence-corrected chi connectivity index (χ0v) is 15.6. The SMILES string of the molecule is C[N-]CCCN(C)CCC[N-]C.[C-]#[O+].[C-]#[O+].[C-]#[O+].[CH-]=O.[W]. The van der Waals surface area contributed by atoms with E-state index in [2.05, 4.69) is 49.3 Å². The summed E-state index contributed by atoms with van der Waals surface area (Å²) in [5.41, 5.74) is 0. The molecule has 0 rings (SSSR count). The van der Waals surface area contributed by atoms with Gasteiger partial charge in [-0.25, -0.2) is 0 Å². The number of hydrogen-bond donors (Lipinski definition) is 0. The minimum atomic E-state index is 0. The second-order valence-corrected chi connectivity index (χ2v) is 3.09. The predicted molar refractivity (Wildman–Crippen MR) is 73.6 cm³/mol. The molecule has 0 atom stereocenters. The van der Waals surface area contributed by atoms with Gasteiger partial charge < -0.3 is 20.3 Å². The standard InChI is InChI=1S/C9H21N3.CHO.3CO.W/c1-10-6-4-8-12(3)9-5-7-11-2;4*1-2;/h4-9H2,1-3H3;1H;;;;/q-2;-1;;;;.